The van der Waals surface area contributed by atoms with Crippen LogP contribution in [0.5, 0.6) is 0 Å². The van der Waals surface area contributed by atoms with Crippen LogP contribution in [-0.4, -0.2) is 48.0 Å². The number of carbonyl (C=O) groups is 1. The summed E-state index contributed by atoms with van der Waals surface area (Å²) in [5.74, 6) is -0.136. The summed E-state index contributed by atoms with van der Waals surface area (Å²) >= 11 is 0. The van der Waals surface area contributed by atoms with E-state index in [0.29, 0.717) is 18.8 Å². The van der Waals surface area contributed by atoms with E-state index in [-0.39, 0.29) is 22.3 Å². The number of carbonyl (C=O) groups excluding carboxylic acids is 1. The van der Waals surface area contributed by atoms with Crippen molar-refractivity contribution >= 4 is 15.9 Å². The molecule has 0 aromatic carbocycles. The second-order valence-corrected chi connectivity index (χ2v) is 8.67. The lowest BCUT2D eigenvalue weighted by atomic mass is 9.92. The van der Waals surface area contributed by atoms with Crippen LogP contribution in [0.1, 0.15) is 46.2 Å². The quantitative estimate of drug-likeness (QED) is 0.865. The fraction of sp³-hybridized carbons (Fsp3) is 0.714. The first kappa shape index (κ1) is 17.0. The maximum absolute atomic E-state index is 12.9. The summed E-state index contributed by atoms with van der Waals surface area (Å²) in [6.07, 6.45) is 2.90. The molecule has 0 bridgehead atoms. The molecule has 1 amide bonds. The van der Waals surface area contributed by atoms with Crippen LogP contribution in [0.25, 0.3) is 0 Å². The second kappa shape index (κ2) is 6.00. The zero-order valence-electron chi connectivity index (χ0n) is 13.5. The Morgan fingerprint density at radius 1 is 1.45 bits per heavy atom. The molecule has 1 aromatic heterocycles. The van der Waals surface area contributed by atoms with E-state index in [2.05, 4.69) is 15.5 Å². The number of nitrogens with zero attached hydrogens (tertiary/aromatic N) is 2. The highest BCUT2D eigenvalue weighted by atomic mass is 32.2. The van der Waals surface area contributed by atoms with E-state index in [0.717, 1.165) is 12.8 Å². The van der Waals surface area contributed by atoms with Crippen molar-refractivity contribution in [2.24, 2.45) is 0 Å². The Kier molecular flexibility index (Phi) is 4.62. The van der Waals surface area contributed by atoms with Gasteiger partial charge in [-0.3, -0.25) is 9.89 Å². The maximum atomic E-state index is 12.9. The number of aromatic nitrogens is 2. The van der Waals surface area contributed by atoms with Gasteiger partial charge in [0.05, 0.1) is 11.9 Å². The molecule has 124 valence electrons. The van der Waals surface area contributed by atoms with Gasteiger partial charge in [-0.25, -0.2) is 8.42 Å². The fourth-order valence-electron chi connectivity index (χ4n) is 2.71. The number of hydrogen-bond donors (Lipinski definition) is 2. The zero-order chi connectivity index (χ0) is 16.5. The highest BCUT2D eigenvalue weighted by Gasteiger charge is 2.35. The molecule has 0 saturated carbocycles. The van der Waals surface area contributed by atoms with Gasteiger partial charge in [0.25, 0.3) is 0 Å². The topological polar surface area (TPSA) is 95.2 Å². The molecule has 2 N–H and O–H groups in total. The number of piperidine rings is 1. The summed E-state index contributed by atoms with van der Waals surface area (Å²) < 4.78 is 27.2. The summed E-state index contributed by atoms with van der Waals surface area (Å²) in [5, 5.41) is 9.53. The van der Waals surface area contributed by atoms with Crippen LogP contribution in [0, 0.1) is 0 Å². The van der Waals surface area contributed by atoms with Crippen LogP contribution in [0.15, 0.2) is 11.1 Å². The van der Waals surface area contributed by atoms with E-state index >= 15 is 0 Å². The Hall–Kier alpha value is -1.41. The third kappa shape index (κ3) is 3.49. The first-order chi connectivity index (χ1) is 10.1. The van der Waals surface area contributed by atoms with Crippen LogP contribution in [0.3, 0.4) is 0 Å². The van der Waals surface area contributed by atoms with Gasteiger partial charge in [-0.1, -0.05) is 20.8 Å². The zero-order valence-corrected chi connectivity index (χ0v) is 14.3. The predicted molar refractivity (Wildman–Crippen MR) is 82.9 cm³/mol. The van der Waals surface area contributed by atoms with Gasteiger partial charge in [0.2, 0.25) is 15.9 Å². The van der Waals surface area contributed by atoms with Gasteiger partial charge in [-0.05, 0) is 12.8 Å². The first-order valence-corrected chi connectivity index (χ1v) is 8.87. The van der Waals surface area contributed by atoms with Crippen molar-refractivity contribution in [2.45, 2.75) is 56.9 Å². The predicted octanol–water partition coefficient (Wildman–Crippen LogP) is 0.996. The van der Waals surface area contributed by atoms with Crippen LogP contribution in [-0.2, 0) is 20.2 Å². The van der Waals surface area contributed by atoms with Gasteiger partial charge >= 0.3 is 0 Å². The Bertz CT molecular complexity index is 645. The molecule has 7 nitrogen and oxygen atoms in total. The molecule has 2 heterocycles. The molecule has 0 spiro atoms. The summed E-state index contributed by atoms with van der Waals surface area (Å²) in [5.41, 5.74) is 0.264. The number of rotatable bonds is 3. The molecule has 2 rings (SSSR count). The molecule has 1 saturated heterocycles. The minimum Gasteiger partial charge on any atom is -0.352 e. The summed E-state index contributed by atoms with van der Waals surface area (Å²) in [7, 11) is -3.61. The molecule has 1 unspecified atom stereocenters. The smallest absolute Gasteiger partial charge is 0.246 e. The van der Waals surface area contributed by atoms with Crippen molar-refractivity contribution < 1.29 is 13.2 Å². The number of sulfonamides is 1. The van der Waals surface area contributed by atoms with Gasteiger partial charge in [-0.15, -0.1) is 0 Å². The second-order valence-electron chi connectivity index (χ2n) is 6.76. The molecule has 0 aliphatic carbocycles. The molecule has 1 aromatic rings. The fourth-order valence-corrected chi connectivity index (χ4v) is 4.53. The molecule has 8 heteroatoms. The lowest BCUT2D eigenvalue weighted by Gasteiger charge is -2.32. The molecule has 22 heavy (non-hydrogen) atoms. The lowest BCUT2D eigenvalue weighted by molar-refractivity contribution is -0.119. The minimum atomic E-state index is -3.61. The van der Waals surface area contributed by atoms with Gasteiger partial charge in [0.15, 0.2) is 0 Å². The third-order valence-electron chi connectivity index (χ3n) is 3.76. The number of aromatic amines is 1. The van der Waals surface area contributed by atoms with Crippen molar-refractivity contribution in [1.29, 1.82) is 0 Å². The number of hydrogen-bond acceptors (Lipinski definition) is 4. The van der Waals surface area contributed by atoms with Crippen molar-refractivity contribution in [1.82, 2.24) is 19.8 Å². The van der Waals surface area contributed by atoms with Crippen molar-refractivity contribution in [3.63, 3.8) is 0 Å². The third-order valence-corrected chi connectivity index (χ3v) is 5.64. The molecule has 0 radical (unpaired) electrons. The van der Waals surface area contributed by atoms with Gasteiger partial charge in [0, 0.05) is 31.5 Å². The van der Waals surface area contributed by atoms with Crippen LogP contribution in [0.2, 0.25) is 0 Å². The first-order valence-electron chi connectivity index (χ1n) is 7.43. The van der Waals surface area contributed by atoms with Gasteiger partial charge in [-0.2, -0.15) is 9.40 Å². The molecule has 1 aliphatic heterocycles. The highest BCUT2D eigenvalue weighted by molar-refractivity contribution is 7.89. The van der Waals surface area contributed by atoms with E-state index in [1.54, 1.807) is 0 Å². The van der Waals surface area contributed by atoms with Crippen molar-refractivity contribution in [3.8, 4) is 0 Å². The van der Waals surface area contributed by atoms with E-state index in [4.69, 9.17) is 0 Å². The molecular formula is C14H24N4O3S. The monoisotopic (exact) mass is 328 g/mol. The van der Waals surface area contributed by atoms with Crippen LogP contribution < -0.4 is 5.32 Å². The van der Waals surface area contributed by atoms with Crippen LogP contribution in [0.4, 0.5) is 0 Å². The average Bonchev–Trinajstić information content (AvgIpc) is 2.88. The Morgan fingerprint density at radius 3 is 2.73 bits per heavy atom. The summed E-state index contributed by atoms with van der Waals surface area (Å²) in [6.45, 7) is 8.03. The largest absolute Gasteiger partial charge is 0.352 e. The average molecular weight is 328 g/mol. The van der Waals surface area contributed by atoms with E-state index in [9.17, 15) is 13.2 Å². The minimum absolute atomic E-state index is 0.133. The standard InChI is InChI=1S/C14H24N4O3S/c1-10(19)16-11-6-5-7-18(9-11)22(20,21)12-8-15-17-13(12)14(2,3)4/h8,11H,5-7,9H2,1-4H3,(H,15,17)(H,16,19). The molecule has 1 atom stereocenters. The number of H-pyrrole nitrogens is 1. The van der Waals surface area contributed by atoms with Crippen molar-refractivity contribution in [3.05, 3.63) is 11.9 Å². The van der Waals surface area contributed by atoms with Gasteiger partial charge < -0.3 is 5.32 Å². The van der Waals surface area contributed by atoms with E-state index < -0.39 is 10.0 Å². The molecule has 1 aliphatic rings. The van der Waals surface area contributed by atoms with Crippen molar-refractivity contribution in [2.75, 3.05) is 13.1 Å². The summed E-state index contributed by atoms with van der Waals surface area (Å²) in [4.78, 5) is 11.4. The van der Waals surface area contributed by atoms with E-state index in [1.807, 2.05) is 20.8 Å². The Labute approximate surface area is 131 Å². The molecule has 1 fully saturated rings. The highest BCUT2D eigenvalue weighted by Crippen LogP contribution is 2.29. The van der Waals surface area contributed by atoms with E-state index in [1.165, 1.54) is 17.4 Å². The van der Waals surface area contributed by atoms with Crippen LogP contribution >= 0.6 is 0 Å². The number of amides is 1. The molecular weight excluding hydrogens is 304 g/mol. The Morgan fingerprint density at radius 2 is 2.14 bits per heavy atom. The van der Waals surface area contributed by atoms with Gasteiger partial charge in [0.1, 0.15) is 4.90 Å². The number of nitrogens with one attached hydrogen (secondary N) is 2. The summed E-state index contributed by atoms with van der Waals surface area (Å²) in [6, 6.07) is -0.133. The maximum Gasteiger partial charge on any atom is 0.246 e. The lowest BCUT2D eigenvalue weighted by Crippen LogP contribution is -2.49. The normalized spacial score (nSPS) is 20.8. The SMILES string of the molecule is CC(=O)NC1CCCN(S(=O)(=O)c2cn[nH]c2C(C)(C)C)C1. The Balaban J connectivity index is 2.27.